The average molecular weight is 434 g/mol. The van der Waals surface area contributed by atoms with Gasteiger partial charge in [-0.1, -0.05) is 42.1 Å². The number of fused-ring (bicyclic) bond motifs is 1. The van der Waals surface area contributed by atoms with Crippen LogP contribution in [0.3, 0.4) is 0 Å². The van der Waals surface area contributed by atoms with Crippen LogP contribution in [0.1, 0.15) is 13.8 Å². The summed E-state index contributed by atoms with van der Waals surface area (Å²) in [5.41, 5.74) is 3.80. The van der Waals surface area contributed by atoms with E-state index < -0.39 is 0 Å². The van der Waals surface area contributed by atoms with Gasteiger partial charge in [0.1, 0.15) is 28.0 Å². The number of esters is 1. The Labute approximate surface area is 185 Å². The Bertz CT molecular complexity index is 1190. The fourth-order valence-corrected chi connectivity index (χ4v) is 4.30. The second-order valence-electron chi connectivity index (χ2n) is 6.87. The van der Waals surface area contributed by atoms with Crippen LogP contribution in [-0.2, 0) is 9.53 Å². The Morgan fingerprint density at radius 2 is 1.84 bits per heavy atom. The minimum atomic E-state index is -0.383. The highest BCUT2D eigenvalue weighted by molar-refractivity contribution is 8.00. The predicted octanol–water partition coefficient (Wildman–Crippen LogP) is 5.14. The number of carbonyl (C=O) groups excluding carboxylic acids is 1. The average Bonchev–Trinajstić information content (AvgIpc) is 3.20. The van der Waals surface area contributed by atoms with Gasteiger partial charge in [-0.2, -0.15) is 0 Å². The topological polar surface area (TPSA) is 66.2 Å². The van der Waals surface area contributed by atoms with Gasteiger partial charge in [-0.15, -0.1) is 0 Å². The molecule has 4 rings (SSSR count). The first-order chi connectivity index (χ1) is 15.1. The number of nitrogens with zero attached hydrogens (tertiary/aromatic N) is 3. The van der Waals surface area contributed by atoms with Gasteiger partial charge in [0.15, 0.2) is 0 Å². The van der Waals surface area contributed by atoms with Crippen molar-refractivity contribution in [2.45, 2.75) is 24.1 Å². The summed E-state index contributed by atoms with van der Waals surface area (Å²) in [4.78, 5) is 21.3. The van der Waals surface area contributed by atoms with E-state index in [1.54, 1.807) is 14.0 Å². The summed E-state index contributed by atoms with van der Waals surface area (Å²) in [6.07, 6.45) is 3.60. The Morgan fingerprint density at radius 3 is 2.52 bits per heavy atom. The molecule has 0 fully saturated rings. The van der Waals surface area contributed by atoms with Gasteiger partial charge < -0.3 is 14.0 Å². The lowest BCUT2D eigenvalue weighted by molar-refractivity contribution is -0.142. The third kappa shape index (κ3) is 4.27. The minimum absolute atomic E-state index is 0.255. The third-order valence-electron chi connectivity index (χ3n) is 4.89. The number of ether oxygens (including phenoxy) is 2. The maximum Gasteiger partial charge on any atom is 0.319 e. The van der Waals surface area contributed by atoms with Crippen molar-refractivity contribution < 1.29 is 14.3 Å². The number of hydrogen-bond acceptors (Lipinski definition) is 6. The Balaban J connectivity index is 1.88. The molecule has 6 nitrogen and oxygen atoms in total. The summed E-state index contributed by atoms with van der Waals surface area (Å²) in [5.74, 6) is 0.535. The molecule has 0 radical (unpaired) electrons. The summed E-state index contributed by atoms with van der Waals surface area (Å²) in [6.45, 7) is 3.99. The summed E-state index contributed by atoms with van der Waals surface area (Å²) < 4.78 is 12.5. The third-order valence-corrected chi connectivity index (χ3v) is 5.97. The zero-order chi connectivity index (χ0) is 21.8. The highest BCUT2D eigenvalue weighted by atomic mass is 32.2. The van der Waals surface area contributed by atoms with E-state index in [9.17, 15) is 4.79 Å². The normalized spacial score (nSPS) is 12.0. The largest absolute Gasteiger partial charge is 0.497 e. The summed E-state index contributed by atoms with van der Waals surface area (Å²) in [7, 11) is 1.65. The molecule has 7 heteroatoms. The minimum Gasteiger partial charge on any atom is -0.497 e. The molecule has 31 heavy (non-hydrogen) atoms. The number of hydrogen-bond donors (Lipinski definition) is 0. The first-order valence-electron chi connectivity index (χ1n) is 10.0. The van der Waals surface area contributed by atoms with E-state index in [-0.39, 0.29) is 11.2 Å². The van der Waals surface area contributed by atoms with Gasteiger partial charge in [0.2, 0.25) is 0 Å². The Morgan fingerprint density at radius 1 is 1.10 bits per heavy atom. The molecule has 0 spiro atoms. The number of methoxy groups -OCH3 is 1. The molecule has 0 aliphatic rings. The molecule has 158 valence electrons. The quantitative estimate of drug-likeness (QED) is 0.228. The van der Waals surface area contributed by atoms with E-state index in [1.807, 2.05) is 54.0 Å². The van der Waals surface area contributed by atoms with Gasteiger partial charge in [0.05, 0.1) is 19.1 Å². The van der Waals surface area contributed by atoms with Crippen LogP contribution in [0, 0.1) is 0 Å². The van der Waals surface area contributed by atoms with Crippen molar-refractivity contribution in [2.75, 3.05) is 13.7 Å². The first kappa shape index (κ1) is 20.9. The zero-order valence-corrected chi connectivity index (χ0v) is 18.4. The lowest BCUT2D eigenvalue weighted by Crippen LogP contribution is -2.16. The molecule has 2 heterocycles. The van der Waals surface area contributed by atoms with Gasteiger partial charge in [-0.05, 0) is 43.7 Å². The number of rotatable bonds is 7. The van der Waals surface area contributed by atoms with Crippen molar-refractivity contribution in [3.05, 3.63) is 67.1 Å². The standard InChI is InChI=1S/C24H23N3O3S/c1-4-30-24(28)16(2)31-23-21-20(17-8-6-5-7-9-17)14-27(22(21)25-15-26-23)18-10-12-19(29-3)13-11-18/h5-16H,4H2,1-3H3/t16-/m1/s1. The fraction of sp³-hybridized carbons (Fsp3) is 0.208. The molecule has 0 amide bonds. The fourth-order valence-electron chi connectivity index (χ4n) is 3.37. The molecule has 1 atom stereocenters. The SMILES string of the molecule is CCOC(=O)[C@@H](C)Sc1ncnc2c1c(-c1ccccc1)cn2-c1ccc(OC)cc1. The number of thioether (sulfide) groups is 1. The lowest BCUT2D eigenvalue weighted by Gasteiger charge is -2.11. The number of carbonyl (C=O) groups is 1. The van der Waals surface area contributed by atoms with Gasteiger partial charge >= 0.3 is 5.97 Å². The van der Waals surface area contributed by atoms with Crippen LogP contribution in [0.4, 0.5) is 0 Å². The second-order valence-corrected chi connectivity index (χ2v) is 8.20. The van der Waals surface area contributed by atoms with E-state index >= 15 is 0 Å². The van der Waals surface area contributed by atoms with Crippen LogP contribution in [0.2, 0.25) is 0 Å². The van der Waals surface area contributed by atoms with Crippen LogP contribution in [0.15, 0.2) is 72.1 Å². The molecule has 0 unspecified atom stereocenters. The molecule has 2 aromatic heterocycles. The van der Waals surface area contributed by atoms with Crippen LogP contribution in [0.25, 0.3) is 27.8 Å². The maximum atomic E-state index is 12.2. The van der Waals surface area contributed by atoms with E-state index in [2.05, 4.69) is 28.3 Å². The van der Waals surface area contributed by atoms with Gasteiger partial charge in [0.25, 0.3) is 0 Å². The van der Waals surface area contributed by atoms with E-state index in [4.69, 9.17) is 9.47 Å². The molecule has 0 bridgehead atoms. The maximum absolute atomic E-state index is 12.2. The molecule has 4 aromatic rings. The molecule has 0 aliphatic carbocycles. The summed E-state index contributed by atoms with van der Waals surface area (Å²) >= 11 is 1.39. The van der Waals surface area contributed by atoms with Crippen molar-refractivity contribution in [1.29, 1.82) is 0 Å². The smallest absolute Gasteiger partial charge is 0.319 e. The summed E-state index contributed by atoms with van der Waals surface area (Å²) in [6, 6.07) is 17.9. The van der Waals surface area contributed by atoms with Crippen LogP contribution >= 0.6 is 11.8 Å². The predicted molar refractivity (Wildman–Crippen MR) is 123 cm³/mol. The molecular weight excluding hydrogens is 410 g/mol. The van der Waals surface area contributed by atoms with Gasteiger partial charge in [0, 0.05) is 17.4 Å². The van der Waals surface area contributed by atoms with Crippen LogP contribution in [0.5, 0.6) is 5.75 Å². The van der Waals surface area contributed by atoms with E-state index in [1.165, 1.54) is 18.1 Å². The monoisotopic (exact) mass is 433 g/mol. The number of benzene rings is 2. The molecule has 0 saturated heterocycles. The van der Waals surface area contributed by atoms with Gasteiger partial charge in [-0.3, -0.25) is 4.79 Å². The van der Waals surface area contributed by atoms with Crippen molar-refractivity contribution >= 4 is 28.8 Å². The first-order valence-corrected chi connectivity index (χ1v) is 10.9. The van der Waals surface area contributed by atoms with Crippen LogP contribution in [-0.4, -0.2) is 39.5 Å². The molecule has 0 N–H and O–H groups in total. The van der Waals surface area contributed by atoms with E-state index in [0.717, 1.165) is 38.6 Å². The second kappa shape index (κ2) is 9.22. The molecular formula is C24H23N3O3S. The number of aromatic nitrogens is 3. The van der Waals surface area contributed by atoms with Crippen molar-refractivity contribution in [3.8, 4) is 22.6 Å². The molecule has 0 aliphatic heterocycles. The van der Waals surface area contributed by atoms with Crippen molar-refractivity contribution in [2.24, 2.45) is 0 Å². The van der Waals surface area contributed by atoms with E-state index in [0.29, 0.717) is 6.61 Å². The molecule has 2 aromatic carbocycles. The highest BCUT2D eigenvalue weighted by Gasteiger charge is 2.22. The van der Waals surface area contributed by atoms with Crippen molar-refractivity contribution in [1.82, 2.24) is 14.5 Å². The van der Waals surface area contributed by atoms with Crippen LogP contribution < -0.4 is 4.74 Å². The van der Waals surface area contributed by atoms with Gasteiger partial charge in [-0.25, -0.2) is 9.97 Å². The lowest BCUT2D eigenvalue weighted by atomic mass is 10.1. The van der Waals surface area contributed by atoms with Crippen molar-refractivity contribution in [3.63, 3.8) is 0 Å². The molecule has 0 saturated carbocycles. The Hall–Kier alpha value is -3.32. The highest BCUT2D eigenvalue weighted by Crippen LogP contribution is 2.38. The Kier molecular flexibility index (Phi) is 6.23. The zero-order valence-electron chi connectivity index (χ0n) is 17.6. The summed E-state index contributed by atoms with van der Waals surface area (Å²) in [5, 5.41) is 1.27.